The molecule has 2 rings (SSSR count). The van der Waals surface area contributed by atoms with E-state index in [1.807, 2.05) is 4.90 Å². The topological polar surface area (TPSA) is 41.6 Å². The molecule has 0 atom stereocenters. The Morgan fingerprint density at radius 3 is 3.00 bits per heavy atom. The van der Waals surface area contributed by atoms with Crippen molar-refractivity contribution in [2.24, 2.45) is 0 Å². The molecule has 1 heterocycles. The lowest BCUT2D eigenvalue weighted by Crippen LogP contribution is -2.59. The number of nitrogens with zero attached hydrogens (tertiary/aromatic N) is 1. The molecular formula is C14H19ClN2O2. The molecule has 0 unspecified atom stereocenters. The van der Waals surface area contributed by atoms with E-state index in [0.717, 1.165) is 13.1 Å². The fourth-order valence-electron chi connectivity index (χ4n) is 2.15. The van der Waals surface area contributed by atoms with Crippen LogP contribution in [0, 0.1) is 0 Å². The van der Waals surface area contributed by atoms with E-state index in [-0.39, 0.29) is 18.1 Å². The maximum absolute atomic E-state index is 12.1. The summed E-state index contributed by atoms with van der Waals surface area (Å²) in [6.45, 7) is 6.47. The molecule has 1 saturated heterocycles. The van der Waals surface area contributed by atoms with Crippen LogP contribution < -0.4 is 10.1 Å². The molecule has 0 bridgehead atoms. The van der Waals surface area contributed by atoms with Gasteiger partial charge in [0, 0.05) is 30.2 Å². The van der Waals surface area contributed by atoms with Crippen molar-refractivity contribution in [1.82, 2.24) is 10.2 Å². The third kappa shape index (κ3) is 4.11. The molecule has 1 amide bonds. The predicted molar refractivity (Wildman–Crippen MR) is 75.6 cm³/mol. The van der Waals surface area contributed by atoms with E-state index in [0.29, 0.717) is 17.3 Å². The summed E-state index contributed by atoms with van der Waals surface area (Å²) in [6.07, 6.45) is 0. The monoisotopic (exact) mass is 282 g/mol. The van der Waals surface area contributed by atoms with Gasteiger partial charge in [-0.05, 0) is 32.0 Å². The number of amides is 1. The summed E-state index contributed by atoms with van der Waals surface area (Å²) >= 11 is 5.86. The molecule has 19 heavy (non-hydrogen) atoms. The second kappa shape index (κ2) is 5.80. The zero-order valence-corrected chi connectivity index (χ0v) is 12.0. The van der Waals surface area contributed by atoms with E-state index in [4.69, 9.17) is 16.3 Å². The number of carbonyl (C=O) groups excluding carboxylic acids is 1. The van der Waals surface area contributed by atoms with Crippen molar-refractivity contribution in [2.45, 2.75) is 19.4 Å². The minimum Gasteiger partial charge on any atom is -0.484 e. The Labute approximate surface area is 118 Å². The number of nitrogens with one attached hydrogen (secondary N) is 1. The fourth-order valence-corrected chi connectivity index (χ4v) is 2.33. The molecule has 1 aliphatic heterocycles. The van der Waals surface area contributed by atoms with Crippen LogP contribution >= 0.6 is 11.6 Å². The van der Waals surface area contributed by atoms with Gasteiger partial charge in [0.05, 0.1) is 0 Å². The molecule has 1 aromatic carbocycles. The second-order valence-electron chi connectivity index (χ2n) is 5.37. The van der Waals surface area contributed by atoms with Crippen LogP contribution in [0.5, 0.6) is 5.75 Å². The van der Waals surface area contributed by atoms with Crippen molar-refractivity contribution in [2.75, 3.05) is 26.2 Å². The summed E-state index contributed by atoms with van der Waals surface area (Å²) in [5.41, 5.74) is -0.0377. The van der Waals surface area contributed by atoms with Gasteiger partial charge in [-0.15, -0.1) is 0 Å². The average Bonchev–Trinajstić information content (AvgIpc) is 2.35. The number of piperazine rings is 1. The van der Waals surface area contributed by atoms with Crippen LogP contribution in [0.4, 0.5) is 0 Å². The molecule has 5 heteroatoms. The molecule has 0 spiro atoms. The van der Waals surface area contributed by atoms with Crippen LogP contribution in [0.15, 0.2) is 24.3 Å². The lowest BCUT2D eigenvalue weighted by atomic mass is 10.0. The number of benzene rings is 1. The lowest BCUT2D eigenvalue weighted by Gasteiger charge is -2.39. The minimum absolute atomic E-state index is 0.00884. The molecule has 0 saturated carbocycles. The van der Waals surface area contributed by atoms with E-state index in [1.54, 1.807) is 24.3 Å². The maximum atomic E-state index is 12.1. The molecule has 1 aromatic rings. The number of hydrogen-bond acceptors (Lipinski definition) is 3. The van der Waals surface area contributed by atoms with Crippen LogP contribution in [0.25, 0.3) is 0 Å². The maximum Gasteiger partial charge on any atom is 0.260 e. The minimum atomic E-state index is -0.0377. The molecule has 0 aromatic heterocycles. The molecule has 1 aliphatic rings. The van der Waals surface area contributed by atoms with E-state index >= 15 is 0 Å². The number of carbonyl (C=O) groups is 1. The molecule has 1 fully saturated rings. The van der Waals surface area contributed by atoms with Gasteiger partial charge >= 0.3 is 0 Å². The predicted octanol–water partition coefficient (Wildman–Crippen LogP) is 1.93. The highest BCUT2D eigenvalue weighted by Crippen LogP contribution is 2.17. The van der Waals surface area contributed by atoms with Gasteiger partial charge in [-0.3, -0.25) is 4.79 Å². The van der Waals surface area contributed by atoms with E-state index < -0.39 is 0 Å². The van der Waals surface area contributed by atoms with Gasteiger partial charge in [-0.25, -0.2) is 0 Å². The Kier molecular flexibility index (Phi) is 4.32. The van der Waals surface area contributed by atoms with Crippen molar-refractivity contribution in [3.63, 3.8) is 0 Å². The average molecular weight is 283 g/mol. The number of hydrogen-bond donors (Lipinski definition) is 1. The first-order valence-corrected chi connectivity index (χ1v) is 6.75. The zero-order chi connectivity index (χ0) is 13.9. The molecule has 1 N–H and O–H groups in total. The number of halogens is 1. The second-order valence-corrected chi connectivity index (χ2v) is 5.81. The zero-order valence-electron chi connectivity index (χ0n) is 11.3. The first kappa shape index (κ1) is 14.2. The van der Waals surface area contributed by atoms with Crippen molar-refractivity contribution in [1.29, 1.82) is 0 Å². The van der Waals surface area contributed by atoms with E-state index in [1.165, 1.54) is 0 Å². The largest absolute Gasteiger partial charge is 0.484 e. The van der Waals surface area contributed by atoms with Gasteiger partial charge in [0.1, 0.15) is 5.75 Å². The van der Waals surface area contributed by atoms with E-state index in [2.05, 4.69) is 19.2 Å². The standard InChI is InChI=1S/C14H19ClN2O2/c1-14(2)10-17(7-6-16-14)13(18)9-19-12-5-3-4-11(15)8-12/h3-5,8,16H,6-7,9-10H2,1-2H3. The molecular weight excluding hydrogens is 264 g/mol. The molecule has 0 radical (unpaired) electrons. The highest BCUT2D eigenvalue weighted by atomic mass is 35.5. The first-order valence-electron chi connectivity index (χ1n) is 6.37. The van der Waals surface area contributed by atoms with Gasteiger partial charge in [-0.2, -0.15) is 0 Å². The molecule has 0 aliphatic carbocycles. The Balaban J connectivity index is 1.87. The summed E-state index contributed by atoms with van der Waals surface area (Å²) in [4.78, 5) is 13.9. The van der Waals surface area contributed by atoms with Crippen LogP contribution in [-0.2, 0) is 4.79 Å². The lowest BCUT2D eigenvalue weighted by molar-refractivity contribution is -0.135. The summed E-state index contributed by atoms with van der Waals surface area (Å²) in [5.74, 6) is 0.629. The van der Waals surface area contributed by atoms with Crippen molar-refractivity contribution >= 4 is 17.5 Å². The smallest absolute Gasteiger partial charge is 0.260 e. The van der Waals surface area contributed by atoms with Gasteiger partial charge in [0.2, 0.25) is 0 Å². The van der Waals surface area contributed by atoms with E-state index in [9.17, 15) is 4.79 Å². The van der Waals surface area contributed by atoms with Crippen LogP contribution in [0.1, 0.15) is 13.8 Å². The van der Waals surface area contributed by atoms with Crippen molar-refractivity contribution < 1.29 is 9.53 Å². The Morgan fingerprint density at radius 2 is 2.32 bits per heavy atom. The molecule has 4 nitrogen and oxygen atoms in total. The molecule has 104 valence electrons. The third-order valence-electron chi connectivity index (χ3n) is 3.08. The fraction of sp³-hybridized carbons (Fsp3) is 0.500. The number of ether oxygens (including phenoxy) is 1. The van der Waals surface area contributed by atoms with Crippen molar-refractivity contribution in [3.8, 4) is 5.75 Å². The summed E-state index contributed by atoms with van der Waals surface area (Å²) in [6, 6.07) is 7.07. The highest BCUT2D eigenvalue weighted by Gasteiger charge is 2.28. The SMILES string of the molecule is CC1(C)CN(C(=O)COc2cccc(Cl)c2)CCN1. The van der Waals surface area contributed by atoms with Crippen LogP contribution in [0.2, 0.25) is 5.02 Å². The van der Waals surface area contributed by atoms with Gasteiger partial charge in [-0.1, -0.05) is 17.7 Å². The highest BCUT2D eigenvalue weighted by molar-refractivity contribution is 6.30. The summed E-state index contributed by atoms with van der Waals surface area (Å²) in [5, 5.41) is 3.98. The van der Waals surface area contributed by atoms with Gasteiger partial charge in [0.15, 0.2) is 6.61 Å². The van der Waals surface area contributed by atoms with Crippen LogP contribution in [0.3, 0.4) is 0 Å². The first-order chi connectivity index (χ1) is 8.96. The normalized spacial score (nSPS) is 18.2. The summed E-state index contributed by atoms with van der Waals surface area (Å²) < 4.78 is 5.47. The van der Waals surface area contributed by atoms with Gasteiger partial charge in [0.25, 0.3) is 5.91 Å². The van der Waals surface area contributed by atoms with Crippen molar-refractivity contribution in [3.05, 3.63) is 29.3 Å². The quantitative estimate of drug-likeness (QED) is 0.921. The Bertz CT molecular complexity index is 463. The number of rotatable bonds is 3. The third-order valence-corrected chi connectivity index (χ3v) is 3.32. The van der Waals surface area contributed by atoms with Gasteiger partial charge < -0.3 is 15.0 Å². The van der Waals surface area contributed by atoms with Crippen LogP contribution in [-0.4, -0.2) is 42.6 Å². The Morgan fingerprint density at radius 1 is 1.53 bits per heavy atom. The Hall–Kier alpha value is -1.26. The summed E-state index contributed by atoms with van der Waals surface area (Å²) in [7, 11) is 0.